The van der Waals surface area contributed by atoms with E-state index < -0.39 is 10.0 Å². The Balaban J connectivity index is 2.24. The minimum Gasteiger partial charge on any atom is -0.260 e. The Morgan fingerprint density at radius 3 is 2.64 bits per heavy atom. The Labute approximate surface area is 83.4 Å². The summed E-state index contributed by atoms with van der Waals surface area (Å²) in [7, 11) is -3.33. The van der Waals surface area contributed by atoms with Crippen molar-refractivity contribution in [3.05, 3.63) is 24.0 Å². The van der Waals surface area contributed by atoms with Gasteiger partial charge in [-0.25, -0.2) is 13.1 Å². The fourth-order valence-electron chi connectivity index (χ4n) is 1.10. The molecule has 0 radical (unpaired) electrons. The summed E-state index contributed by atoms with van der Waals surface area (Å²) in [5.41, 5.74) is 0.815. The Morgan fingerprint density at radius 1 is 1.43 bits per heavy atom. The summed E-state index contributed by atoms with van der Waals surface area (Å²) in [6.07, 6.45) is 3.27. The Hall–Kier alpha value is -0.940. The van der Waals surface area contributed by atoms with Crippen LogP contribution in [-0.4, -0.2) is 19.4 Å². The van der Waals surface area contributed by atoms with E-state index in [4.69, 9.17) is 0 Å². The molecule has 14 heavy (non-hydrogen) atoms. The highest BCUT2D eigenvalue weighted by molar-refractivity contribution is 7.89. The van der Waals surface area contributed by atoms with Gasteiger partial charge in [0.05, 0.1) is 0 Å². The van der Waals surface area contributed by atoms with Crippen LogP contribution in [0, 0.1) is 6.92 Å². The van der Waals surface area contributed by atoms with Gasteiger partial charge >= 0.3 is 0 Å². The molecule has 0 aliphatic heterocycles. The van der Waals surface area contributed by atoms with Gasteiger partial charge in [0.2, 0.25) is 10.0 Å². The zero-order chi connectivity index (χ0) is 10.2. The van der Waals surface area contributed by atoms with E-state index in [-0.39, 0.29) is 10.9 Å². The summed E-state index contributed by atoms with van der Waals surface area (Å²) in [6, 6.07) is 3.41. The highest BCUT2D eigenvalue weighted by Crippen LogP contribution is 2.21. The molecule has 0 spiro atoms. The van der Waals surface area contributed by atoms with E-state index in [0.717, 1.165) is 18.5 Å². The molecule has 0 aromatic carbocycles. The predicted octanol–water partition coefficient (Wildman–Crippen LogP) is 0.831. The average Bonchev–Trinajstić information content (AvgIpc) is 2.88. The van der Waals surface area contributed by atoms with Gasteiger partial charge in [0.15, 0.2) is 0 Å². The van der Waals surface area contributed by atoms with Crippen molar-refractivity contribution in [1.29, 1.82) is 0 Å². The van der Waals surface area contributed by atoms with E-state index in [2.05, 4.69) is 9.71 Å². The summed E-state index contributed by atoms with van der Waals surface area (Å²) < 4.78 is 25.9. The number of aromatic nitrogens is 1. The fraction of sp³-hybridized carbons (Fsp3) is 0.444. The summed E-state index contributed by atoms with van der Waals surface area (Å²) in [5, 5.41) is 0. The second-order valence-corrected chi connectivity index (χ2v) is 5.24. The van der Waals surface area contributed by atoms with Crippen LogP contribution in [0.3, 0.4) is 0 Å². The first-order valence-electron chi connectivity index (χ1n) is 4.53. The summed E-state index contributed by atoms with van der Waals surface area (Å²) in [6.45, 7) is 1.82. The second kappa shape index (κ2) is 3.33. The molecule has 1 aromatic heterocycles. The largest absolute Gasteiger partial charge is 0.260 e. The Bertz CT molecular complexity index is 421. The molecule has 2 rings (SSSR count). The molecule has 1 fully saturated rings. The van der Waals surface area contributed by atoms with E-state index in [0.29, 0.717) is 0 Å². The first-order valence-corrected chi connectivity index (χ1v) is 6.01. The van der Waals surface area contributed by atoms with Crippen LogP contribution >= 0.6 is 0 Å². The molecule has 0 unspecified atom stereocenters. The number of nitrogens with zero attached hydrogens (tertiary/aromatic N) is 1. The zero-order valence-electron chi connectivity index (χ0n) is 7.90. The van der Waals surface area contributed by atoms with Crippen molar-refractivity contribution >= 4 is 10.0 Å². The highest BCUT2D eigenvalue weighted by atomic mass is 32.2. The van der Waals surface area contributed by atoms with E-state index in [1.54, 1.807) is 12.1 Å². The third kappa shape index (κ3) is 2.10. The standard InChI is InChI=1S/C9H12N2O2S/c1-7-2-5-9(6-10-7)14(12,13)11-8-3-4-8/h2,5-6,8,11H,3-4H2,1H3. The second-order valence-electron chi connectivity index (χ2n) is 3.53. The molecule has 0 bridgehead atoms. The van der Waals surface area contributed by atoms with Gasteiger partial charge in [0, 0.05) is 17.9 Å². The molecular formula is C9H12N2O2S. The van der Waals surface area contributed by atoms with Crippen LogP contribution in [0.15, 0.2) is 23.2 Å². The molecule has 76 valence electrons. The number of nitrogens with one attached hydrogen (secondary N) is 1. The summed E-state index contributed by atoms with van der Waals surface area (Å²) in [4.78, 5) is 4.20. The molecule has 0 atom stereocenters. The third-order valence-electron chi connectivity index (χ3n) is 2.09. The number of aryl methyl sites for hydroxylation is 1. The van der Waals surface area contributed by atoms with Crippen molar-refractivity contribution in [2.75, 3.05) is 0 Å². The number of hydrogen-bond donors (Lipinski definition) is 1. The lowest BCUT2D eigenvalue weighted by molar-refractivity contribution is 0.580. The molecule has 1 aromatic rings. The monoisotopic (exact) mass is 212 g/mol. The highest BCUT2D eigenvalue weighted by Gasteiger charge is 2.27. The number of pyridine rings is 1. The van der Waals surface area contributed by atoms with Gasteiger partial charge in [-0.05, 0) is 31.9 Å². The minimum atomic E-state index is -3.33. The van der Waals surface area contributed by atoms with Crippen LogP contribution < -0.4 is 4.72 Å². The topological polar surface area (TPSA) is 59.1 Å². The van der Waals surface area contributed by atoms with Crippen LogP contribution in [0.25, 0.3) is 0 Å². The van der Waals surface area contributed by atoms with Gasteiger partial charge in [0.1, 0.15) is 4.90 Å². The van der Waals surface area contributed by atoms with Gasteiger partial charge in [-0.2, -0.15) is 0 Å². The molecule has 5 heteroatoms. The molecule has 4 nitrogen and oxygen atoms in total. The molecular weight excluding hydrogens is 200 g/mol. The summed E-state index contributed by atoms with van der Waals surface area (Å²) >= 11 is 0. The lowest BCUT2D eigenvalue weighted by Gasteiger charge is -2.04. The Morgan fingerprint density at radius 2 is 2.14 bits per heavy atom. The van der Waals surface area contributed by atoms with Gasteiger partial charge < -0.3 is 0 Å². The van der Waals surface area contributed by atoms with Crippen molar-refractivity contribution in [2.24, 2.45) is 0 Å². The number of sulfonamides is 1. The SMILES string of the molecule is Cc1ccc(S(=O)(=O)NC2CC2)cn1. The van der Waals surface area contributed by atoms with E-state index in [1.165, 1.54) is 6.20 Å². The van der Waals surface area contributed by atoms with Gasteiger partial charge in [-0.3, -0.25) is 4.98 Å². The fourth-order valence-corrected chi connectivity index (χ4v) is 2.35. The number of hydrogen-bond acceptors (Lipinski definition) is 3. The molecule has 0 amide bonds. The van der Waals surface area contributed by atoms with Crippen LogP contribution in [0.4, 0.5) is 0 Å². The van der Waals surface area contributed by atoms with Crippen molar-refractivity contribution in [3.8, 4) is 0 Å². The maximum atomic E-state index is 11.6. The van der Waals surface area contributed by atoms with Crippen LogP contribution in [0.5, 0.6) is 0 Å². The molecule has 1 heterocycles. The van der Waals surface area contributed by atoms with E-state index in [9.17, 15) is 8.42 Å². The smallest absolute Gasteiger partial charge is 0.242 e. The maximum Gasteiger partial charge on any atom is 0.242 e. The normalized spacial score (nSPS) is 16.9. The lowest BCUT2D eigenvalue weighted by Crippen LogP contribution is -2.25. The van der Waals surface area contributed by atoms with Crippen LogP contribution in [0.1, 0.15) is 18.5 Å². The summed E-state index contributed by atoms with van der Waals surface area (Å²) in [5.74, 6) is 0. The molecule has 1 aliphatic rings. The van der Waals surface area contributed by atoms with Gasteiger partial charge in [-0.15, -0.1) is 0 Å². The third-order valence-corrected chi connectivity index (χ3v) is 3.60. The minimum absolute atomic E-state index is 0.140. The first kappa shape index (κ1) is 9.61. The molecule has 1 saturated carbocycles. The van der Waals surface area contributed by atoms with Crippen molar-refractivity contribution < 1.29 is 8.42 Å². The van der Waals surface area contributed by atoms with E-state index >= 15 is 0 Å². The quantitative estimate of drug-likeness (QED) is 0.807. The van der Waals surface area contributed by atoms with Crippen LogP contribution in [0.2, 0.25) is 0 Å². The van der Waals surface area contributed by atoms with Crippen molar-refractivity contribution in [1.82, 2.24) is 9.71 Å². The predicted molar refractivity (Wildman–Crippen MR) is 52.3 cm³/mol. The van der Waals surface area contributed by atoms with Gasteiger partial charge in [-0.1, -0.05) is 0 Å². The molecule has 0 saturated heterocycles. The first-order chi connectivity index (χ1) is 6.58. The Kier molecular flexibility index (Phi) is 2.28. The number of rotatable bonds is 3. The maximum absolute atomic E-state index is 11.6. The average molecular weight is 212 g/mol. The van der Waals surface area contributed by atoms with Crippen LogP contribution in [-0.2, 0) is 10.0 Å². The van der Waals surface area contributed by atoms with Gasteiger partial charge in [0.25, 0.3) is 0 Å². The van der Waals surface area contributed by atoms with E-state index in [1.807, 2.05) is 6.92 Å². The molecule has 1 N–H and O–H groups in total. The lowest BCUT2D eigenvalue weighted by atomic mass is 10.4. The van der Waals surface area contributed by atoms with Crippen molar-refractivity contribution in [2.45, 2.75) is 30.7 Å². The van der Waals surface area contributed by atoms with Crippen molar-refractivity contribution in [3.63, 3.8) is 0 Å². The zero-order valence-corrected chi connectivity index (χ0v) is 8.71. The molecule has 1 aliphatic carbocycles.